The lowest BCUT2D eigenvalue weighted by atomic mass is 10.0. The SMILES string of the molecule is COCC(C)n1c(=O)c(-c2cccc(F)c2Cl)cn(CC(=O)N2CCC(N3CCc4cc(F)ccc4NC3=O)CC2)c1=O. The Kier molecular flexibility index (Phi) is 8.97. The molecule has 43 heavy (non-hydrogen) atoms. The van der Waals surface area contributed by atoms with E-state index in [4.69, 9.17) is 16.3 Å². The number of rotatable bonds is 7. The molecule has 3 aromatic rings. The fourth-order valence-electron chi connectivity index (χ4n) is 5.78. The van der Waals surface area contributed by atoms with Crippen LogP contribution in [0.25, 0.3) is 11.1 Å². The van der Waals surface area contributed by atoms with Crippen molar-refractivity contribution in [3.63, 3.8) is 0 Å². The smallest absolute Gasteiger partial charge is 0.331 e. The number of ether oxygens (including phenoxy) is 1. The van der Waals surface area contributed by atoms with Gasteiger partial charge in [0, 0.05) is 50.2 Å². The lowest BCUT2D eigenvalue weighted by Gasteiger charge is -2.38. The van der Waals surface area contributed by atoms with Crippen molar-refractivity contribution in [3.05, 3.63) is 85.7 Å². The predicted octanol–water partition coefficient (Wildman–Crippen LogP) is 3.90. The average Bonchev–Trinajstić information content (AvgIpc) is 3.14. The van der Waals surface area contributed by atoms with Crippen molar-refractivity contribution >= 4 is 29.2 Å². The third kappa shape index (κ3) is 6.21. The number of methoxy groups -OCH3 is 1. The van der Waals surface area contributed by atoms with Crippen molar-refractivity contribution in [2.45, 2.75) is 44.8 Å². The number of nitrogens with one attached hydrogen (secondary N) is 1. The molecule has 10 nitrogen and oxygen atoms in total. The standard InChI is InChI=1S/C30H32ClF2N5O5/c1-18(17-43-2)38-28(40)23(22-4-3-5-24(33)27(22)31)15-36(30(38)42)16-26(39)35-11-9-21(10-12-35)37-13-8-19-14-20(32)6-7-25(19)34-29(37)41/h3-7,14-15,18,21H,8-13,16-17H2,1-2H3,(H,34,41). The first-order valence-corrected chi connectivity index (χ1v) is 14.4. The zero-order valence-electron chi connectivity index (χ0n) is 23.8. The summed E-state index contributed by atoms with van der Waals surface area (Å²) in [6, 6.07) is 7.28. The van der Waals surface area contributed by atoms with Gasteiger partial charge in [0.2, 0.25) is 5.91 Å². The van der Waals surface area contributed by atoms with E-state index in [0.29, 0.717) is 44.6 Å². The minimum Gasteiger partial charge on any atom is -0.383 e. The number of fused-ring (bicyclic) bond motifs is 1. The first kappa shape index (κ1) is 30.4. The summed E-state index contributed by atoms with van der Waals surface area (Å²) in [5, 5.41) is 2.59. The van der Waals surface area contributed by atoms with Gasteiger partial charge in [0.15, 0.2) is 0 Å². The third-order valence-electron chi connectivity index (χ3n) is 8.03. The Morgan fingerprint density at radius 3 is 2.56 bits per heavy atom. The summed E-state index contributed by atoms with van der Waals surface area (Å²) in [6.07, 6.45) is 2.79. The fourth-order valence-corrected chi connectivity index (χ4v) is 6.00. The molecule has 2 aliphatic rings. The molecule has 0 radical (unpaired) electrons. The van der Waals surface area contributed by atoms with Crippen molar-refractivity contribution in [1.82, 2.24) is 18.9 Å². The highest BCUT2D eigenvalue weighted by atomic mass is 35.5. The van der Waals surface area contributed by atoms with Crippen LogP contribution in [-0.4, -0.2) is 70.3 Å². The summed E-state index contributed by atoms with van der Waals surface area (Å²) in [5.74, 6) is -1.42. The molecular formula is C30H32ClF2N5O5. The van der Waals surface area contributed by atoms with Crippen LogP contribution in [0.5, 0.6) is 0 Å². The van der Waals surface area contributed by atoms with Gasteiger partial charge in [0.1, 0.15) is 18.2 Å². The monoisotopic (exact) mass is 615 g/mol. The van der Waals surface area contributed by atoms with Crippen LogP contribution >= 0.6 is 11.6 Å². The Hall–Kier alpha value is -4.03. The summed E-state index contributed by atoms with van der Waals surface area (Å²) >= 11 is 6.18. The summed E-state index contributed by atoms with van der Waals surface area (Å²) in [7, 11) is 1.44. The number of amides is 3. The van der Waals surface area contributed by atoms with E-state index in [0.717, 1.165) is 20.8 Å². The summed E-state index contributed by atoms with van der Waals surface area (Å²) in [6.45, 7) is 2.46. The van der Waals surface area contributed by atoms with Gasteiger partial charge >= 0.3 is 11.7 Å². The van der Waals surface area contributed by atoms with Crippen LogP contribution in [0, 0.1) is 11.6 Å². The van der Waals surface area contributed by atoms with Crippen molar-refractivity contribution in [2.75, 3.05) is 38.7 Å². The third-order valence-corrected chi connectivity index (χ3v) is 8.42. The molecule has 13 heteroatoms. The highest BCUT2D eigenvalue weighted by Gasteiger charge is 2.32. The minimum absolute atomic E-state index is 0.0217. The number of hydrogen-bond donors (Lipinski definition) is 1. The molecule has 2 aliphatic heterocycles. The molecule has 3 amide bonds. The van der Waals surface area contributed by atoms with Crippen LogP contribution in [0.2, 0.25) is 5.02 Å². The van der Waals surface area contributed by atoms with Crippen molar-refractivity contribution in [2.24, 2.45) is 0 Å². The molecule has 0 saturated carbocycles. The Morgan fingerprint density at radius 2 is 1.84 bits per heavy atom. The van der Waals surface area contributed by atoms with Crippen LogP contribution in [0.1, 0.15) is 31.4 Å². The number of carbonyl (C=O) groups is 2. The number of aromatic nitrogens is 2. The Bertz CT molecular complexity index is 1670. The maximum atomic E-state index is 14.3. The molecule has 1 saturated heterocycles. The quantitative estimate of drug-likeness (QED) is 0.434. The second-order valence-corrected chi connectivity index (χ2v) is 11.2. The normalized spacial score (nSPS) is 16.4. The van der Waals surface area contributed by atoms with Gasteiger partial charge in [-0.2, -0.15) is 0 Å². The number of nitrogens with zero attached hydrogens (tertiary/aromatic N) is 4. The van der Waals surface area contributed by atoms with Gasteiger partial charge in [-0.3, -0.25) is 18.7 Å². The first-order valence-electron chi connectivity index (χ1n) is 14.0. The Morgan fingerprint density at radius 1 is 1.09 bits per heavy atom. The van der Waals surface area contributed by atoms with Gasteiger partial charge < -0.3 is 19.9 Å². The molecule has 1 fully saturated rings. The van der Waals surface area contributed by atoms with Gasteiger partial charge in [-0.1, -0.05) is 23.7 Å². The van der Waals surface area contributed by atoms with Crippen LogP contribution in [0.3, 0.4) is 0 Å². The van der Waals surface area contributed by atoms with Crippen LogP contribution in [0.15, 0.2) is 52.2 Å². The number of carbonyl (C=O) groups excluding carboxylic acids is 2. The fraction of sp³-hybridized carbons (Fsp3) is 0.400. The van der Waals surface area contributed by atoms with Gasteiger partial charge in [0.25, 0.3) is 5.56 Å². The van der Waals surface area contributed by atoms with E-state index in [9.17, 15) is 28.0 Å². The molecule has 2 aromatic carbocycles. The predicted molar refractivity (Wildman–Crippen MR) is 157 cm³/mol. The zero-order valence-corrected chi connectivity index (χ0v) is 24.6. The van der Waals surface area contributed by atoms with E-state index in [-0.39, 0.29) is 53.1 Å². The van der Waals surface area contributed by atoms with E-state index < -0.39 is 23.1 Å². The van der Waals surface area contributed by atoms with Crippen molar-refractivity contribution in [3.8, 4) is 11.1 Å². The van der Waals surface area contributed by atoms with Gasteiger partial charge in [0.05, 0.1) is 23.2 Å². The van der Waals surface area contributed by atoms with Crippen molar-refractivity contribution < 1.29 is 23.1 Å². The number of likely N-dealkylation sites (tertiary alicyclic amines) is 1. The number of piperidine rings is 1. The molecule has 1 unspecified atom stereocenters. The summed E-state index contributed by atoms with van der Waals surface area (Å²) < 4.78 is 35.3. The second-order valence-electron chi connectivity index (χ2n) is 10.8. The lowest BCUT2D eigenvalue weighted by molar-refractivity contribution is -0.133. The van der Waals surface area contributed by atoms with Crippen LogP contribution < -0.4 is 16.6 Å². The molecular weight excluding hydrogens is 584 g/mol. The summed E-state index contributed by atoms with van der Waals surface area (Å²) in [4.78, 5) is 56.5. The zero-order chi connectivity index (χ0) is 30.8. The molecule has 0 aliphatic carbocycles. The molecule has 1 aromatic heterocycles. The van der Waals surface area contributed by atoms with E-state index in [1.165, 1.54) is 37.6 Å². The Labute approximate surface area is 251 Å². The number of hydrogen-bond acceptors (Lipinski definition) is 5. The van der Waals surface area contributed by atoms with Gasteiger partial charge in [-0.05, 0) is 56.0 Å². The lowest BCUT2D eigenvalue weighted by Crippen LogP contribution is -2.51. The minimum atomic E-state index is -0.721. The molecule has 5 rings (SSSR count). The van der Waals surface area contributed by atoms with Crippen molar-refractivity contribution in [1.29, 1.82) is 0 Å². The largest absolute Gasteiger partial charge is 0.383 e. The number of halogens is 3. The number of urea groups is 1. The molecule has 1 atom stereocenters. The highest BCUT2D eigenvalue weighted by Crippen LogP contribution is 2.28. The Balaban J connectivity index is 1.33. The van der Waals surface area contributed by atoms with Gasteiger partial charge in [-0.15, -0.1) is 0 Å². The van der Waals surface area contributed by atoms with E-state index >= 15 is 0 Å². The molecule has 0 spiro atoms. The summed E-state index contributed by atoms with van der Waals surface area (Å²) in [5.41, 5.74) is 0.0266. The van der Waals surface area contributed by atoms with Gasteiger partial charge in [-0.25, -0.2) is 18.4 Å². The van der Waals surface area contributed by atoms with E-state index in [1.807, 2.05) is 0 Å². The van der Waals surface area contributed by atoms with Crippen LogP contribution in [0.4, 0.5) is 19.3 Å². The van der Waals surface area contributed by atoms with Crippen LogP contribution in [-0.2, 0) is 22.5 Å². The van der Waals surface area contributed by atoms with E-state index in [2.05, 4.69) is 5.32 Å². The van der Waals surface area contributed by atoms with E-state index in [1.54, 1.807) is 22.8 Å². The first-order chi connectivity index (χ1) is 20.6. The maximum absolute atomic E-state index is 14.3. The molecule has 3 heterocycles. The average molecular weight is 616 g/mol. The molecule has 0 bridgehead atoms. The number of anilines is 1. The number of benzene rings is 2. The molecule has 228 valence electrons. The topological polar surface area (TPSA) is 106 Å². The second kappa shape index (κ2) is 12.7. The highest BCUT2D eigenvalue weighted by molar-refractivity contribution is 6.33. The maximum Gasteiger partial charge on any atom is 0.331 e. The molecule has 1 N–H and O–H groups in total.